The topological polar surface area (TPSA) is 72.9 Å². The fourth-order valence-corrected chi connectivity index (χ4v) is 3.09. The molecule has 25 heavy (non-hydrogen) atoms. The summed E-state index contributed by atoms with van der Waals surface area (Å²) in [7, 11) is 0. The summed E-state index contributed by atoms with van der Waals surface area (Å²) in [4.78, 5) is 36.4. The largest absolute Gasteiger partial charge is 0.465 e. The maximum atomic E-state index is 12.1. The van der Waals surface area contributed by atoms with Gasteiger partial charge in [0.25, 0.3) is 11.8 Å². The summed E-state index contributed by atoms with van der Waals surface area (Å²) < 4.78 is 10.7. The van der Waals surface area contributed by atoms with Gasteiger partial charge in [-0.3, -0.25) is 14.4 Å². The smallest absolute Gasteiger partial charge is 0.310 e. The number of carbonyl (C=O) groups excluding carboxylic acids is 3. The van der Waals surface area contributed by atoms with Gasteiger partial charge < -0.3 is 9.47 Å². The second-order valence-corrected chi connectivity index (χ2v) is 6.59. The number of ether oxygens (including phenoxy) is 2. The number of rotatable bonds is 7. The molecule has 0 saturated carbocycles. The number of hydrogen-bond acceptors (Lipinski definition) is 5. The van der Waals surface area contributed by atoms with Gasteiger partial charge in [0.15, 0.2) is 0 Å². The standard InChI is InChI=1S/C19H21NO5/c1-2-9-19(11-24-12-19)13-25-18(23)10-14-3-5-15(6-4-14)20-16(21)7-8-17(20)22/h3-8H,2,9-13H2,1H3. The van der Waals surface area contributed by atoms with Crippen molar-refractivity contribution in [3.8, 4) is 0 Å². The molecule has 1 saturated heterocycles. The minimum absolute atomic E-state index is 0.0161. The Labute approximate surface area is 146 Å². The van der Waals surface area contributed by atoms with Crippen molar-refractivity contribution in [1.82, 2.24) is 0 Å². The number of carbonyl (C=O) groups is 3. The Hall–Kier alpha value is -2.47. The van der Waals surface area contributed by atoms with E-state index in [4.69, 9.17) is 9.47 Å². The van der Waals surface area contributed by atoms with Crippen LogP contribution in [-0.2, 0) is 30.3 Å². The first kappa shape index (κ1) is 17.4. The number of hydrogen-bond donors (Lipinski definition) is 0. The van der Waals surface area contributed by atoms with E-state index in [0.29, 0.717) is 25.5 Å². The molecule has 0 aromatic heterocycles. The zero-order chi connectivity index (χ0) is 17.9. The van der Waals surface area contributed by atoms with E-state index in [2.05, 4.69) is 6.92 Å². The zero-order valence-electron chi connectivity index (χ0n) is 14.2. The average molecular weight is 343 g/mol. The van der Waals surface area contributed by atoms with Crippen molar-refractivity contribution in [1.29, 1.82) is 0 Å². The fraction of sp³-hybridized carbons (Fsp3) is 0.421. The molecule has 0 aliphatic carbocycles. The van der Waals surface area contributed by atoms with Crippen LogP contribution in [0.15, 0.2) is 36.4 Å². The van der Waals surface area contributed by atoms with Gasteiger partial charge in [0.1, 0.15) is 6.61 Å². The van der Waals surface area contributed by atoms with Crippen LogP contribution in [0.3, 0.4) is 0 Å². The number of amides is 2. The molecular formula is C19H21NO5. The van der Waals surface area contributed by atoms with Gasteiger partial charge in [0.2, 0.25) is 0 Å². The summed E-state index contributed by atoms with van der Waals surface area (Å²) >= 11 is 0. The van der Waals surface area contributed by atoms with Gasteiger partial charge in [-0.1, -0.05) is 25.5 Å². The van der Waals surface area contributed by atoms with E-state index in [1.54, 1.807) is 24.3 Å². The SMILES string of the molecule is CCCC1(COC(=O)Cc2ccc(N3C(=O)C=CC3=O)cc2)COC1. The molecule has 2 aliphatic heterocycles. The van der Waals surface area contributed by atoms with Crippen LogP contribution in [0.2, 0.25) is 0 Å². The molecule has 0 N–H and O–H groups in total. The van der Waals surface area contributed by atoms with E-state index in [-0.39, 0.29) is 29.6 Å². The lowest BCUT2D eigenvalue weighted by molar-refractivity contribution is -0.171. The summed E-state index contributed by atoms with van der Waals surface area (Å²) in [5.41, 5.74) is 1.25. The summed E-state index contributed by atoms with van der Waals surface area (Å²) in [5, 5.41) is 0. The van der Waals surface area contributed by atoms with Crippen molar-refractivity contribution < 1.29 is 23.9 Å². The first-order chi connectivity index (χ1) is 12.0. The highest BCUT2D eigenvalue weighted by molar-refractivity contribution is 6.28. The van der Waals surface area contributed by atoms with Crippen LogP contribution in [0.1, 0.15) is 25.3 Å². The summed E-state index contributed by atoms with van der Waals surface area (Å²) in [6, 6.07) is 6.76. The quantitative estimate of drug-likeness (QED) is 0.559. The van der Waals surface area contributed by atoms with E-state index in [0.717, 1.165) is 23.3 Å². The highest BCUT2D eigenvalue weighted by atomic mass is 16.5. The highest BCUT2D eigenvalue weighted by Crippen LogP contribution is 2.33. The molecule has 0 unspecified atom stereocenters. The van der Waals surface area contributed by atoms with Crippen LogP contribution in [0.4, 0.5) is 5.69 Å². The zero-order valence-corrected chi connectivity index (χ0v) is 14.2. The first-order valence-corrected chi connectivity index (χ1v) is 8.41. The van der Waals surface area contributed by atoms with Gasteiger partial charge in [-0.05, 0) is 24.1 Å². The van der Waals surface area contributed by atoms with E-state index in [1.165, 1.54) is 12.2 Å². The van der Waals surface area contributed by atoms with Gasteiger partial charge in [0, 0.05) is 12.2 Å². The average Bonchev–Trinajstić information content (AvgIpc) is 2.89. The molecule has 2 amide bonds. The van der Waals surface area contributed by atoms with Crippen LogP contribution in [0, 0.1) is 5.41 Å². The summed E-state index contributed by atoms with van der Waals surface area (Å²) in [5.74, 6) is -1.01. The van der Waals surface area contributed by atoms with Crippen LogP contribution >= 0.6 is 0 Å². The Morgan fingerprint density at radius 1 is 1.16 bits per heavy atom. The summed E-state index contributed by atoms with van der Waals surface area (Å²) in [6.45, 7) is 3.79. The van der Waals surface area contributed by atoms with Crippen LogP contribution in [0.25, 0.3) is 0 Å². The Kier molecular flexibility index (Phi) is 4.99. The molecule has 132 valence electrons. The minimum atomic E-state index is -0.360. The van der Waals surface area contributed by atoms with E-state index in [1.807, 2.05) is 0 Å². The molecule has 2 heterocycles. The molecule has 0 atom stereocenters. The van der Waals surface area contributed by atoms with Crippen molar-refractivity contribution in [2.45, 2.75) is 26.2 Å². The van der Waals surface area contributed by atoms with Crippen molar-refractivity contribution in [2.24, 2.45) is 5.41 Å². The van der Waals surface area contributed by atoms with Gasteiger partial charge >= 0.3 is 5.97 Å². The summed E-state index contributed by atoms with van der Waals surface area (Å²) in [6.07, 6.45) is 4.66. The molecule has 0 bridgehead atoms. The van der Waals surface area contributed by atoms with Gasteiger partial charge in [0.05, 0.1) is 30.7 Å². The Morgan fingerprint density at radius 3 is 2.32 bits per heavy atom. The minimum Gasteiger partial charge on any atom is -0.465 e. The lowest BCUT2D eigenvalue weighted by Crippen LogP contribution is -2.46. The third-order valence-corrected chi connectivity index (χ3v) is 4.49. The van der Waals surface area contributed by atoms with Gasteiger partial charge in [-0.15, -0.1) is 0 Å². The predicted molar refractivity (Wildman–Crippen MR) is 90.9 cm³/mol. The van der Waals surface area contributed by atoms with Crippen LogP contribution < -0.4 is 4.90 Å². The van der Waals surface area contributed by atoms with Crippen LogP contribution in [-0.4, -0.2) is 37.6 Å². The van der Waals surface area contributed by atoms with Crippen LogP contribution in [0.5, 0.6) is 0 Å². The monoisotopic (exact) mass is 343 g/mol. The Balaban J connectivity index is 1.54. The van der Waals surface area contributed by atoms with Gasteiger partial charge in [-0.25, -0.2) is 4.90 Å². The molecule has 1 fully saturated rings. The molecule has 2 aliphatic rings. The lowest BCUT2D eigenvalue weighted by Gasteiger charge is -2.40. The third kappa shape index (κ3) is 3.79. The van der Waals surface area contributed by atoms with E-state index >= 15 is 0 Å². The number of imide groups is 1. The molecule has 1 aromatic carbocycles. The molecule has 6 heteroatoms. The van der Waals surface area contributed by atoms with E-state index in [9.17, 15) is 14.4 Å². The Bertz CT molecular complexity index is 685. The fourth-order valence-electron chi connectivity index (χ4n) is 3.09. The third-order valence-electron chi connectivity index (χ3n) is 4.49. The van der Waals surface area contributed by atoms with Crippen molar-refractivity contribution in [3.05, 3.63) is 42.0 Å². The molecule has 3 rings (SSSR count). The molecular weight excluding hydrogens is 322 g/mol. The predicted octanol–water partition coefficient (Wildman–Crippen LogP) is 2.02. The van der Waals surface area contributed by atoms with Crippen molar-refractivity contribution in [2.75, 3.05) is 24.7 Å². The normalized spacial score (nSPS) is 18.4. The molecule has 0 spiro atoms. The lowest BCUT2D eigenvalue weighted by atomic mass is 9.82. The second kappa shape index (κ2) is 7.19. The van der Waals surface area contributed by atoms with E-state index < -0.39 is 0 Å². The number of benzene rings is 1. The highest BCUT2D eigenvalue weighted by Gasteiger charge is 2.39. The maximum Gasteiger partial charge on any atom is 0.310 e. The van der Waals surface area contributed by atoms with Gasteiger partial charge in [-0.2, -0.15) is 0 Å². The van der Waals surface area contributed by atoms with Crippen molar-refractivity contribution >= 4 is 23.5 Å². The molecule has 6 nitrogen and oxygen atoms in total. The number of esters is 1. The molecule has 0 radical (unpaired) electrons. The van der Waals surface area contributed by atoms with Crippen molar-refractivity contribution in [3.63, 3.8) is 0 Å². The second-order valence-electron chi connectivity index (χ2n) is 6.59. The molecule has 1 aromatic rings. The number of anilines is 1. The number of nitrogens with zero attached hydrogens (tertiary/aromatic N) is 1. The first-order valence-electron chi connectivity index (χ1n) is 8.41. The Morgan fingerprint density at radius 2 is 1.80 bits per heavy atom. The maximum absolute atomic E-state index is 12.1.